The van der Waals surface area contributed by atoms with Gasteiger partial charge in [0.2, 0.25) is 0 Å². The van der Waals surface area contributed by atoms with E-state index in [4.69, 9.17) is 19.9 Å². The lowest BCUT2D eigenvalue weighted by Crippen LogP contribution is -2.14. The van der Waals surface area contributed by atoms with E-state index in [1.807, 2.05) is 12.1 Å². The molecule has 0 unspecified atom stereocenters. The van der Waals surface area contributed by atoms with Gasteiger partial charge in [-0.15, -0.1) is 0 Å². The molecule has 0 fully saturated rings. The van der Waals surface area contributed by atoms with E-state index < -0.39 is 0 Å². The molecule has 1 aliphatic heterocycles. The summed E-state index contributed by atoms with van der Waals surface area (Å²) in [7, 11) is 0. The molecule has 21 heavy (non-hydrogen) atoms. The zero-order valence-electron chi connectivity index (χ0n) is 11.1. The number of hydrogen-bond acceptors (Lipinski definition) is 4. The Hall–Kier alpha value is -1.79. The van der Waals surface area contributed by atoms with Gasteiger partial charge in [0.25, 0.3) is 0 Å². The van der Waals surface area contributed by atoms with Gasteiger partial charge in [0.1, 0.15) is 23.9 Å². The molecule has 2 N–H and O–H groups in total. The predicted octanol–water partition coefficient (Wildman–Crippen LogP) is 3.62. The molecular formula is C15H13BrFNO3. The summed E-state index contributed by atoms with van der Waals surface area (Å²) in [6, 6.07) is 7.91. The van der Waals surface area contributed by atoms with Crippen LogP contribution >= 0.6 is 15.9 Å². The number of benzene rings is 2. The van der Waals surface area contributed by atoms with E-state index in [-0.39, 0.29) is 19.2 Å². The van der Waals surface area contributed by atoms with Crippen molar-refractivity contribution in [3.63, 3.8) is 0 Å². The Morgan fingerprint density at radius 1 is 1.29 bits per heavy atom. The SMILES string of the molecule is Nc1cc2c(c(COc3ccc(F)cc3Br)c1)OCOC2. The van der Waals surface area contributed by atoms with Crippen molar-refractivity contribution >= 4 is 21.6 Å². The van der Waals surface area contributed by atoms with E-state index in [9.17, 15) is 4.39 Å². The molecule has 110 valence electrons. The van der Waals surface area contributed by atoms with Crippen molar-refractivity contribution in [1.29, 1.82) is 0 Å². The van der Waals surface area contributed by atoms with Crippen LogP contribution in [0, 0.1) is 5.82 Å². The first-order chi connectivity index (χ1) is 10.1. The standard InChI is InChI=1S/C15H13BrFNO3/c16-13-5-11(17)1-2-14(13)20-7-10-4-12(18)3-9-6-19-8-21-15(9)10/h1-5H,6-8,18H2. The lowest BCUT2D eigenvalue weighted by molar-refractivity contribution is -0.0175. The molecule has 1 aliphatic rings. The summed E-state index contributed by atoms with van der Waals surface area (Å²) in [6.45, 7) is 0.954. The van der Waals surface area contributed by atoms with Gasteiger partial charge < -0.3 is 19.9 Å². The third-order valence-electron chi connectivity index (χ3n) is 3.09. The number of nitrogens with two attached hydrogens (primary N) is 1. The van der Waals surface area contributed by atoms with Crippen LogP contribution in [0.3, 0.4) is 0 Å². The van der Waals surface area contributed by atoms with Crippen LogP contribution in [0.5, 0.6) is 11.5 Å². The molecule has 0 saturated heterocycles. The molecule has 0 aromatic heterocycles. The van der Waals surface area contributed by atoms with Crippen molar-refractivity contribution in [3.8, 4) is 11.5 Å². The van der Waals surface area contributed by atoms with Gasteiger partial charge >= 0.3 is 0 Å². The average molecular weight is 354 g/mol. The lowest BCUT2D eigenvalue weighted by Gasteiger charge is -2.21. The van der Waals surface area contributed by atoms with Crippen LogP contribution in [0.2, 0.25) is 0 Å². The molecule has 0 radical (unpaired) electrons. The number of hydrogen-bond donors (Lipinski definition) is 1. The normalized spacial score (nSPS) is 13.4. The number of fused-ring (bicyclic) bond motifs is 1. The first-order valence-corrected chi connectivity index (χ1v) is 7.12. The van der Waals surface area contributed by atoms with Gasteiger partial charge in [-0.05, 0) is 46.3 Å². The largest absolute Gasteiger partial charge is 0.488 e. The van der Waals surface area contributed by atoms with E-state index in [1.54, 1.807) is 6.07 Å². The van der Waals surface area contributed by atoms with Gasteiger partial charge in [-0.3, -0.25) is 0 Å². The molecule has 6 heteroatoms. The zero-order valence-corrected chi connectivity index (χ0v) is 12.7. The quantitative estimate of drug-likeness (QED) is 0.856. The summed E-state index contributed by atoms with van der Waals surface area (Å²) in [5.41, 5.74) is 8.24. The highest BCUT2D eigenvalue weighted by Gasteiger charge is 2.17. The summed E-state index contributed by atoms with van der Waals surface area (Å²) in [4.78, 5) is 0. The summed E-state index contributed by atoms with van der Waals surface area (Å²) < 4.78 is 30.1. The molecule has 0 saturated carbocycles. The Morgan fingerprint density at radius 3 is 2.95 bits per heavy atom. The Morgan fingerprint density at radius 2 is 2.14 bits per heavy atom. The van der Waals surface area contributed by atoms with Crippen LogP contribution in [0.1, 0.15) is 11.1 Å². The molecule has 0 amide bonds. The van der Waals surface area contributed by atoms with Crippen molar-refractivity contribution in [2.75, 3.05) is 12.5 Å². The Kier molecular flexibility index (Phi) is 3.98. The second-order valence-electron chi connectivity index (χ2n) is 4.64. The minimum absolute atomic E-state index is 0.212. The number of ether oxygens (including phenoxy) is 3. The highest BCUT2D eigenvalue weighted by Crippen LogP contribution is 2.33. The molecule has 0 atom stereocenters. The van der Waals surface area contributed by atoms with E-state index >= 15 is 0 Å². The summed E-state index contributed by atoms with van der Waals surface area (Å²) in [6.07, 6.45) is 0. The fourth-order valence-electron chi connectivity index (χ4n) is 2.18. The molecule has 2 aromatic carbocycles. The second kappa shape index (κ2) is 5.91. The number of nitrogen functional groups attached to an aromatic ring is 1. The fourth-order valence-corrected chi connectivity index (χ4v) is 2.65. The smallest absolute Gasteiger partial charge is 0.189 e. The van der Waals surface area contributed by atoms with Gasteiger partial charge in [0, 0.05) is 16.8 Å². The first kappa shape index (κ1) is 14.2. The maximum atomic E-state index is 13.1. The van der Waals surface area contributed by atoms with E-state index in [0.717, 1.165) is 16.9 Å². The zero-order chi connectivity index (χ0) is 14.8. The molecule has 2 aromatic rings. The Bertz CT molecular complexity index is 678. The van der Waals surface area contributed by atoms with Crippen LogP contribution in [-0.2, 0) is 18.0 Å². The average Bonchev–Trinajstić information content (AvgIpc) is 2.46. The Labute approximate surface area is 129 Å². The second-order valence-corrected chi connectivity index (χ2v) is 5.50. The first-order valence-electron chi connectivity index (χ1n) is 6.33. The van der Waals surface area contributed by atoms with Crippen molar-refractivity contribution in [3.05, 3.63) is 51.7 Å². The summed E-state index contributed by atoms with van der Waals surface area (Å²) >= 11 is 3.27. The Balaban J connectivity index is 1.83. The third-order valence-corrected chi connectivity index (χ3v) is 3.71. The van der Waals surface area contributed by atoms with Crippen molar-refractivity contribution in [2.24, 2.45) is 0 Å². The lowest BCUT2D eigenvalue weighted by atomic mass is 10.1. The van der Waals surface area contributed by atoms with Crippen LogP contribution in [0.25, 0.3) is 0 Å². The minimum Gasteiger partial charge on any atom is -0.488 e. The van der Waals surface area contributed by atoms with E-state index in [1.165, 1.54) is 12.1 Å². The van der Waals surface area contributed by atoms with Gasteiger partial charge in [0.15, 0.2) is 6.79 Å². The topological polar surface area (TPSA) is 53.7 Å². The number of halogens is 2. The van der Waals surface area contributed by atoms with Crippen LogP contribution in [0.15, 0.2) is 34.8 Å². The van der Waals surface area contributed by atoms with Crippen LogP contribution in [-0.4, -0.2) is 6.79 Å². The number of rotatable bonds is 3. The number of anilines is 1. The van der Waals surface area contributed by atoms with Crippen molar-refractivity contribution in [1.82, 2.24) is 0 Å². The molecule has 0 aliphatic carbocycles. The summed E-state index contributed by atoms with van der Waals surface area (Å²) in [5.74, 6) is 0.976. The molecule has 1 heterocycles. The fraction of sp³-hybridized carbons (Fsp3) is 0.200. The van der Waals surface area contributed by atoms with E-state index in [0.29, 0.717) is 22.5 Å². The van der Waals surface area contributed by atoms with E-state index in [2.05, 4.69) is 15.9 Å². The maximum absolute atomic E-state index is 13.1. The minimum atomic E-state index is -0.323. The molecule has 3 rings (SSSR count). The summed E-state index contributed by atoms with van der Waals surface area (Å²) in [5, 5.41) is 0. The van der Waals surface area contributed by atoms with Gasteiger partial charge in [0.05, 0.1) is 11.1 Å². The molecule has 4 nitrogen and oxygen atoms in total. The molecule has 0 bridgehead atoms. The van der Waals surface area contributed by atoms with Crippen molar-refractivity contribution in [2.45, 2.75) is 13.2 Å². The van der Waals surface area contributed by atoms with Gasteiger partial charge in [-0.2, -0.15) is 0 Å². The highest BCUT2D eigenvalue weighted by molar-refractivity contribution is 9.10. The predicted molar refractivity (Wildman–Crippen MR) is 79.6 cm³/mol. The molecule has 0 spiro atoms. The third kappa shape index (κ3) is 3.11. The van der Waals surface area contributed by atoms with Crippen LogP contribution < -0.4 is 15.2 Å². The van der Waals surface area contributed by atoms with Gasteiger partial charge in [-0.25, -0.2) is 4.39 Å². The van der Waals surface area contributed by atoms with Gasteiger partial charge in [-0.1, -0.05) is 0 Å². The van der Waals surface area contributed by atoms with Crippen LogP contribution in [0.4, 0.5) is 10.1 Å². The molecular weight excluding hydrogens is 341 g/mol. The monoisotopic (exact) mass is 353 g/mol. The highest BCUT2D eigenvalue weighted by atomic mass is 79.9. The maximum Gasteiger partial charge on any atom is 0.189 e. The van der Waals surface area contributed by atoms with Crippen molar-refractivity contribution < 1.29 is 18.6 Å².